The van der Waals surface area contributed by atoms with Crippen LogP contribution in [0.5, 0.6) is 0 Å². The second-order valence-corrected chi connectivity index (χ2v) is 8.72. The fourth-order valence-electron chi connectivity index (χ4n) is 2.82. The topological polar surface area (TPSA) is 102 Å². The van der Waals surface area contributed by atoms with E-state index >= 15 is 0 Å². The molecular formula is C19H21N3O5S. The van der Waals surface area contributed by atoms with Crippen molar-refractivity contribution in [1.82, 2.24) is 14.2 Å². The third-order valence-electron chi connectivity index (χ3n) is 4.40. The average Bonchev–Trinajstić information content (AvgIpc) is 2.96. The molecule has 1 heterocycles. The van der Waals surface area contributed by atoms with Crippen LogP contribution in [0.3, 0.4) is 0 Å². The number of sulfonamides is 1. The van der Waals surface area contributed by atoms with Crippen molar-refractivity contribution in [3.63, 3.8) is 0 Å². The standard InChI is InChI=1S/C19H21N3O5S/c1-13(14-7-5-4-6-8-14)20-18(23)12-22-16-10-9-15(28(25,26)21(2)3)11-17(16)27-19(22)24/h4-11,13H,12H2,1-3H3,(H,20,23)/t13-/m1/s1. The molecule has 1 aromatic heterocycles. The van der Waals surface area contributed by atoms with E-state index in [0.29, 0.717) is 5.52 Å². The highest BCUT2D eigenvalue weighted by atomic mass is 32.2. The zero-order chi connectivity index (χ0) is 20.5. The number of oxazole rings is 1. The molecule has 0 saturated carbocycles. The van der Waals surface area contributed by atoms with Gasteiger partial charge in [0.25, 0.3) is 0 Å². The third-order valence-corrected chi connectivity index (χ3v) is 6.21. The summed E-state index contributed by atoms with van der Waals surface area (Å²) in [6.07, 6.45) is 0. The number of aromatic nitrogens is 1. The lowest BCUT2D eigenvalue weighted by atomic mass is 10.1. The molecule has 0 aliphatic heterocycles. The number of benzene rings is 2. The van der Waals surface area contributed by atoms with E-state index in [9.17, 15) is 18.0 Å². The van der Waals surface area contributed by atoms with Crippen molar-refractivity contribution in [1.29, 1.82) is 0 Å². The highest BCUT2D eigenvalue weighted by molar-refractivity contribution is 7.89. The number of carbonyl (C=O) groups is 1. The summed E-state index contributed by atoms with van der Waals surface area (Å²) in [6.45, 7) is 1.62. The molecule has 1 atom stereocenters. The van der Waals surface area contributed by atoms with Gasteiger partial charge < -0.3 is 9.73 Å². The number of amides is 1. The van der Waals surface area contributed by atoms with E-state index in [4.69, 9.17) is 4.42 Å². The first-order valence-electron chi connectivity index (χ1n) is 8.60. The number of fused-ring (bicyclic) bond motifs is 1. The van der Waals surface area contributed by atoms with Gasteiger partial charge in [0.2, 0.25) is 15.9 Å². The minimum atomic E-state index is -3.66. The summed E-state index contributed by atoms with van der Waals surface area (Å²) in [5.74, 6) is -1.08. The van der Waals surface area contributed by atoms with Gasteiger partial charge in [-0.3, -0.25) is 9.36 Å². The zero-order valence-corrected chi connectivity index (χ0v) is 16.6. The summed E-state index contributed by atoms with van der Waals surface area (Å²) >= 11 is 0. The molecule has 0 radical (unpaired) electrons. The van der Waals surface area contributed by atoms with E-state index in [0.717, 1.165) is 9.87 Å². The summed E-state index contributed by atoms with van der Waals surface area (Å²) < 4.78 is 31.9. The number of rotatable bonds is 6. The normalized spacial score (nSPS) is 13.0. The third kappa shape index (κ3) is 3.85. The predicted molar refractivity (Wildman–Crippen MR) is 104 cm³/mol. The molecule has 0 aliphatic rings. The van der Waals surface area contributed by atoms with E-state index in [1.165, 1.54) is 36.9 Å². The molecule has 0 aliphatic carbocycles. The van der Waals surface area contributed by atoms with Crippen molar-refractivity contribution in [2.24, 2.45) is 0 Å². The summed E-state index contributed by atoms with van der Waals surface area (Å²) in [5, 5.41) is 2.83. The number of nitrogens with zero attached hydrogens (tertiary/aromatic N) is 2. The molecule has 2 aromatic carbocycles. The average molecular weight is 403 g/mol. The van der Waals surface area contributed by atoms with Crippen molar-refractivity contribution in [2.75, 3.05) is 14.1 Å². The Balaban J connectivity index is 1.85. The lowest BCUT2D eigenvalue weighted by Gasteiger charge is -2.14. The molecule has 8 nitrogen and oxygen atoms in total. The van der Waals surface area contributed by atoms with Gasteiger partial charge >= 0.3 is 5.76 Å². The van der Waals surface area contributed by atoms with Gasteiger partial charge in [0.1, 0.15) is 6.54 Å². The van der Waals surface area contributed by atoms with Crippen LogP contribution >= 0.6 is 0 Å². The van der Waals surface area contributed by atoms with E-state index in [1.807, 2.05) is 37.3 Å². The van der Waals surface area contributed by atoms with Gasteiger partial charge in [0.15, 0.2) is 5.58 Å². The minimum Gasteiger partial charge on any atom is -0.408 e. The monoisotopic (exact) mass is 403 g/mol. The molecule has 0 saturated heterocycles. The molecule has 148 valence electrons. The molecule has 3 rings (SSSR count). The van der Waals surface area contributed by atoms with Crippen LogP contribution in [0.2, 0.25) is 0 Å². The van der Waals surface area contributed by atoms with Gasteiger partial charge in [-0.05, 0) is 24.6 Å². The zero-order valence-electron chi connectivity index (χ0n) is 15.7. The predicted octanol–water partition coefficient (Wildman–Crippen LogP) is 1.72. The van der Waals surface area contributed by atoms with Crippen LogP contribution < -0.4 is 11.1 Å². The Kier molecular flexibility index (Phi) is 5.39. The molecule has 9 heteroatoms. The van der Waals surface area contributed by atoms with Gasteiger partial charge in [-0.25, -0.2) is 17.5 Å². The van der Waals surface area contributed by atoms with E-state index < -0.39 is 15.8 Å². The van der Waals surface area contributed by atoms with Crippen LogP contribution in [-0.2, 0) is 21.4 Å². The first-order chi connectivity index (χ1) is 13.2. The van der Waals surface area contributed by atoms with Crippen molar-refractivity contribution >= 4 is 27.0 Å². The molecule has 1 N–H and O–H groups in total. The van der Waals surface area contributed by atoms with Crippen molar-refractivity contribution in [3.05, 3.63) is 64.6 Å². The Morgan fingerprint density at radius 1 is 1.18 bits per heavy atom. The largest absolute Gasteiger partial charge is 0.420 e. The second kappa shape index (κ2) is 7.61. The number of carbonyl (C=O) groups excluding carboxylic acids is 1. The smallest absolute Gasteiger partial charge is 0.408 e. The highest BCUT2D eigenvalue weighted by Gasteiger charge is 2.20. The Morgan fingerprint density at radius 3 is 2.50 bits per heavy atom. The maximum Gasteiger partial charge on any atom is 0.420 e. The SMILES string of the molecule is C[C@@H](NC(=O)Cn1c(=O)oc2cc(S(=O)(=O)N(C)C)ccc21)c1ccccc1. The highest BCUT2D eigenvalue weighted by Crippen LogP contribution is 2.20. The molecular weight excluding hydrogens is 382 g/mol. The Labute approximate surface area is 162 Å². The summed E-state index contributed by atoms with van der Waals surface area (Å²) in [4.78, 5) is 24.6. The lowest BCUT2D eigenvalue weighted by molar-refractivity contribution is -0.122. The maximum atomic E-state index is 12.4. The minimum absolute atomic E-state index is 0.00745. The van der Waals surface area contributed by atoms with Gasteiger partial charge in [-0.15, -0.1) is 0 Å². The Bertz CT molecular complexity index is 1160. The van der Waals surface area contributed by atoms with Crippen molar-refractivity contribution in [3.8, 4) is 0 Å². The summed E-state index contributed by atoms with van der Waals surface area (Å²) in [7, 11) is -0.827. The second-order valence-electron chi connectivity index (χ2n) is 6.57. The van der Waals surface area contributed by atoms with Gasteiger partial charge in [0, 0.05) is 20.2 Å². The number of hydrogen-bond donors (Lipinski definition) is 1. The quantitative estimate of drug-likeness (QED) is 0.675. The van der Waals surface area contributed by atoms with Crippen molar-refractivity contribution in [2.45, 2.75) is 24.4 Å². The van der Waals surface area contributed by atoms with Crippen LogP contribution in [0.25, 0.3) is 11.1 Å². The number of nitrogens with one attached hydrogen (secondary N) is 1. The first kappa shape index (κ1) is 19.8. The summed E-state index contributed by atoms with van der Waals surface area (Å²) in [5.41, 5.74) is 1.40. The van der Waals surface area contributed by atoms with Crippen LogP contribution in [0.1, 0.15) is 18.5 Å². The molecule has 3 aromatic rings. The van der Waals surface area contributed by atoms with E-state index in [1.54, 1.807) is 0 Å². The number of hydrogen-bond acceptors (Lipinski definition) is 5. The Hall–Kier alpha value is -2.91. The van der Waals surface area contributed by atoms with Crippen LogP contribution in [0.4, 0.5) is 0 Å². The molecule has 28 heavy (non-hydrogen) atoms. The fraction of sp³-hybridized carbons (Fsp3) is 0.263. The molecule has 0 unspecified atom stereocenters. The molecule has 0 fully saturated rings. The molecule has 0 bridgehead atoms. The molecule has 1 amide bonds. The van der Waals surface area contributed by atoms with Gasteiger partial charge in [0.05, 0.1) is 16.5 Å². The van der Waals surface area contributed by atoms with E-state index in [-0.39, 0.29) is 29.0 Å². The van der Waals surface area contributed by atoms with Gasteiger partial charge in [-0.2, -0.15) is 0 Å². The molecule has 0 spiro atoms. The van der Waals surface area contributed by atoms with Crippen molar-refractivity contribution < 1.29 is 17.6 Å². The van der Waals surface area contributed by atoms with Crippen LogP contribution in [-0.4, -0.2) is 37.3 Å². The fourth-order valence-corrected chi connectivity index (χ4v) is 3.74. The van der Waals surface area contributed by atoms with Gasteiger partial charge in [-0.1, -0.05) is 30.3 Å². The first-order valence-corrected chi connectivity index (χ1v) is 10.0. The Morgan fingerprint density at radius 2 is 1.86 bits per heavy atom. The lowest BCUT2D eigenvalue weighted by Crippen LogP contribution is -2.32. The van der Waals surface area contributed by atoms with Crippen LogP contribution in [0, 0.1) is 0 Å². The summed E-state index contributed by atoms with van der Waals surface area (Å²) in [6, 6.07) is 13.4. The maximum absolute atomic E-state index is 12.4. The van der Waals surface area contributed by atoms with Crippen LogP contribution in [0.15, 0.2) is 62.6 Å². The van der Waals surface area contributed by atoms with E-state index in [2.05, 4.69) is 5.32 Å².